The van der Waals surface area contributed by atoms with Crippen molar-refractivity contribution < 1.29 is 24.4 Å². The van der Waals surface area contributed by atoms with Crippen molar-refractivity contribution in [2.45, 2.75) is 26.7 Å². The highest BCUT2D eigenvalue weighted by molar-refractivity contribution is 9.10. The van der Waals surface area contributed by atoms with Crippen LogP contribution in [0.3, 0.4) is 0 Å². The molecular weight excluding hydrogens is 325 g/mol. The van der Waals surface area contributed by atoms with E-state index in [0.717, 1.165) is 15.6 Å². The number of phosphoric acid groups is 1. The Labute approximate surface area is 115 Å². The number of phenols is 1. The third-order valence-corrected chi connectivity index (χ3v) is 2.78. The number of rotatable bonds is 1. The maximum Gasteiger partial charge on any atom is 0.466 e. The molecule has 1 rings (SSSR count). The standard InChI is InChI=1S/C10H13BrO.H3N.H3O4P/c1-6(2)8-5-9(11)7(3)4-10(8)12;;1-5(2,3)4/h4-6,12H,1-3H3;1H3;(H3,1,2,3,4). The second-order valence-corrected chi connectivity index (χ2v) is 5.71. The quantitative estimate of drug-likeness (QED) is 0.498. The maximum atomic E-state index is 9.57. The van der Waals surface area contributed by atoms with Gasteiger partial charge in [-0.05, 0) is 36.1 Å². The second-order valence-electron chi connectivity index (χ2n) is 3.83. The molecule has 0 aliphatic heterocycles. The van der Waals surface area contributed by atoms with Gasteiger partial charge in [0.1, 0.15) is 5.75 Å². The number of aryl methyl sites for hydroxylation is 1. The van der Waals surface area contributed by atoms with E-state index in [4.69, 9.17) is 19.2 Å². The lowest BCUT2D eigenvalue weighted by molar-refractivity contribution is 0.275. The molecule has 8 heteroatoms. The molecule has 0 aliphatic rings. The molecule has 1 aromatic carbocycles. The molecule has 0 fully saturated rings. The highest BCUT2D eigenvalue weighted by Gasteiger charge is 2.07. The molecule has 18 heavy (non-hydrogen) atoms. The van der Waals surface area contributed by atoms with Crippen molar-refractivity contribution in [1.29, 1.82) is 0 Å². The molecule has 0 saturated carbocycles. The van der Waals surface area contributed by atoms with Crippen LogP contribution in [0.1, 0.15) is 30.9 Å². The van der Waals surface area contributed by atoms with E-state index in [-0.39, 0.29) is 6.15 Å². The highest BCUT2D eigenvalue weighted by Crippen LogP contribution is 2.30. The monoisotopic (exact) mass is 343 g/mol. The Morgan fingerprint density at radius 2 is 1.61 bits per heavy atom. The molecule has 1 aromatic rings. The Hall–Kier alpha value is -0.430. The SMILES string of the molecule is Cc1cc(O)c(C(C)C)cc1Br.N.O=P(O)(O)O. The lowest BCUT2D eigenvalue weighted by Gasteiger charge is -2.10. The average Bonchev–Trinajstić information content (AvgIpc) is 2.07. The van der Waals surface area contributed by atoms with E-state index < -0.39 is 7.82 Å². The van der Waals surface area contributed by atoms with E-state index >= 15 is 0 Å². The summed E-state index contributed by atoms with van der Waals surface area (Å²) in [5, 5.41) is 9.57. The molecule has 0 heterocycles. The van der Waals surface area contributed by atoms with Gasteiger partial charge < -0.3 is 25.9 Å². The van der Waals surface area contributed by atoms with Crippen LogP contribution in [-0.4, -0.2) is 19.8 Å². The van der Waals surface area contributed by atoms with Gasteiger partial charge in [0.25, 0.3) is 0 Å². The Balaban J connectivity index is 0. The minimum Gasteiger partial charge on any atom is -0.508 e. The first kappa shape index (κ1) is 19.9. The van der Waals surface area contributed by atoms with Gasteiger partial charge in [-0.2, -0.15) is 0 Å². The van der Waals surface area contributed by atoms with E-state index in [1.807, 2.05) is 13.0 Å². The highest BCUT2D eigenvalue weighted by atomic mass is 79.9. The van der Waals surface area contributed by atoms with Gasteiger partial charge in [-0.3, -0.25) is 0 Å². The number of phenolic OH excluding ortho intramolecular Hbond substituents is 1. The van der Waals surface area contributed by atoms with Crippen LogP contribution in [0.5, 0.6) is 5.75 Å². The predicted octanol–water partition coefficient (Wildman–Crippen LogP) is 2.82. The normalized spacial score (nSPS) is 10.4. The lowest BCUT2D eigenvalue weighted by atomic mass is 10.0. The molecule has 0 amide bonds. The zero-order valence-corrected chi connectivity index (χ0v) is 12.9. The third kappa shape index (κ3) is 8.63. The molecule has 0 saturated heterocycles. The van der Waals surface area contributed by atoms with Crippen LogP contribution in [0.15, 0.2) is 16.6 Å². The lowest BCUT2D eigenvalue weighted by Crippen LogP contribution is -1.89. The summed E-state index contributed by atoms with van der Waals surface area (Å²) >= 11 is 3.44. The fourth-order valence-corrected chi connectivity index (χ4v) is 1.51. The van der Waals surface area contributed by atoms with Crippen molar-refractivity contribution in [3.8, 4) is 5.75 Å². The van der Waals surface area contributed by atoms with Crippen molar-refractivity contribution in [1.82, 2.24) is 6.15 Å². The minimum atomic E-state index is -4.64. The third-order valence-electron chi connectivity index (χ3n) is 1.93. The molecular formula is C10H19BrNO5P. The fourth-order valence-electron chi connectivity index (χ4n) is 1.14. The summed E-state index contributed by atoms with van der Waals surface area (Å²) in [4.78, 5) is 21.6. The van der Waals surface area contributed by atoms with Crippen LogP contribution in [0, 0.1) is 6.92 Å². The summed E-state index contributed by atoms with van der Waals surface area (Å²) in [6.07, 6.45) is 0. The summed E-state index contributed by atoms with van der Waals surface area (Å²) in [7, 11) is -4.64. The van der Waals surface area contributed by atoms with Crippen molar-refractivity contribution in [2.24, 2.45) is 0 Å². The summed E-state index contributed by atoms with van der Waals surface area (Å²) in [6, 6.07) is 3.77. The summed E-state index contributed by atoms with van der Waals surface area (Å²) in [5.74, 6) is 0.757. The van der Waals surface area contributed by atoms with Crippen molar-refractivity contribution in [3.63, 3.8) is 0 Å². The molecule has 0 unspecified atom stereocenters. The first-order valence-electron chi connectivity index (χ1n) is 4.79. The molecule has 0 aliphatic carbocycles. The number of halogens is 1. The molecule has 6 nitrogen and oxygen atoms in total. The summed E-state index contributed by atoms with van der Waals surface area (Å²) in [6.45, 7) is 6.10. The predicted molar refractivity (Wildman–Crippen MR) is 73.9 cm³/mol. The molecule has 0 spiro atoms. The van der Waals surface area contributed by atoms with Gasteiger partial charge >= 0.3 is 7.82 Å². The van der Waals surface area contributed by atoms with Gasteiger partial charge in [-0.15, -0.1) is 0 Å². The van der Waals surface area contributed by atoms with Gasteiger partial charge in [0, 0.05) is 4.47 Å². The molecule has 7 N–H and O–H groups in total. The van der Waals surface area contributed by atoms with Gasteiger partial charge in [-0.1, -0.05) is 29.8 Å². The smallest absolute Gasteiger partial charge is 0.466 e. The van der Waals surface area contributed by atoms with Gasteiger partial charge in [0.15, 0.2) is 0 Å². The van der Waals surface area contributed by atoms with Crippen molar-refractivity contribution in [3.05, 3.63) is 27.7 Å². The number of benzene rings is 1. The van der Waals surface area contributed by atoms with Crippen molar-refractivity contribution in [2.75, 3.05) is 0 Å². The topological polar surface area (TPSA) is 133 Å². The second kappa shape index (κ2) is 7.89. The van der Waals surface area contributed by atoms with Crippen LogP contribution >= 0.6 is 23.8 Å². The van der Waals surface area contributed by atoms with E-state index in [9.17, 15) is 5.11 Å². The molecule has 0 aromatic heterocycles. The van der Waals surface area contributed by atoms with Crippen LogP contribution in [0.2, 0.25) is 0 Å². The summed E-state index contributed by atoms with van der Waals surface area (Å²) < 4.78 is 9.94. The minimum absolute atomic E-state index is 0. The van der Waals surface area contributed by atoms with E-state index in [0.29, 0.717) is 11.7 Å². The van der Waals surface area contributed by atoms with Gasteiger partial charge in [0.2, 0.25) is 0 Å². The van der Waals surface area contributed by atoms with E-state index in [1.165, 1.54) is 0 Å². The van der Waals surface area contributed by atoms with E-state index in [2.05, 4.69) is 29.8 Å². The molecule has 0 atom stereocenters. The van der Waals surface area contributed by atoms with Gasteiger partial charge in [-0.25, -0.2) is 4.57 Å². The number of hydrogen-bond donors (Lipinski definition) is 5. The number of aromatic hydroxyl groups is 1. The van der Waals surface area contributed by atoms with Crippen LogP contribution in [0.25, 0.3) is 0 Å². The van der Waals surface area contributed by atoms with E-state index in [1.54, 1.807) is 6.07 Å². The summed E-state index contributed by atoms with van der Waals surface area (Å²) in [5.41, 5.74) is 2.06. The van der Waals surface area contributed by atoms with Gasteiger partial charge in [0.05, 0.1) is 0 Å². The van der Waals surface area contributed by atoms with Crippen LogP contribution in [0.4, 0.5) is 0 Å². The first-order valence-corrected chi connectivity index (χ1v) is 7.15. The molecule has 0 bridgehead atoms. The first-order chi connectivity index (χ1) is 7.52. The largest absolute Gasteiger partial charge is 0.508 e. The zero-order chi connectivity index (χ0) is 13.8. The maximum absolute atomic E-state index is 9.57. The van der Waals surface area contributed by atoms with Crippen molar-refractivity contribution >= 4 is 23.8 Å². The Kier molecular flexibility index (Phi) is 8.72. The molecule has 0 radical (unpaired) electrons. The Morgan fingerprint density at radius 3 is 1.94 bits per heavy atom. The Bertz CT molecular complexity index is 424. The van der Waals surface area contributed by atoms with Crippen LogP contribution < -0.4 is 6.15 Å². The van der Waals surface area contributed by atoms with Crippen LogP contribution in [-0.2, 0) is 4.57 Å². The zero-order valence-electron chi connectivity index (χ0n) is 10.5. The Morgan fingerprint density at radius 1 is 1.22 bits per heavy atom. The fraction of sp³-hybridized carbons (Fsp3) is 0.400. The number of hydrogen-bond acceptors (Lipinski definition) is 3. The molecule has 106 valence electrons. The average molecular weight is 344 g/mol.